The number of aromatic nitrogens is 1. The Bertz CT molecular complexity index is 4000. The van der Waals surface area contributed by atoms with Gasteiger partial charge in [-0.05, 0) is 151 Å². The van der Waals surface area contributed by atoms with E-state index >= 15 is 0 Å². The van der Waals surface area contributed by atoms with Gasteiger partial charge in [-0.15, -0.1) is 0 Å². The van der Waals surface area contributed by atoms with Gasteiger partial charge in [0.05, 0.1) is 22.1 Å². The van der Waals surface area contributed by atoms with Crippen molar-refractivity contribution in [1.82, 2.24) is 4.57 Å². The zero-order valence-corrected chi connectivity index (χ0v) is 40.4. The Morgan fingerprint density at radius 3 is 1.53 bits per heavy atom. The fourth-order valence-corrected chi connectivity index (χ4v) is 13.6. The molecule has 0 saturated heterocycles. The summed E-state index contributed by atoms with van der Waals surface area (Å²) in [5.74, 6) is 0. The second kappa shape index (κ2) is 15.4. The lowest BCUT2D eigenvalue weighted by atomic mass is 9.70. The van der Waals surface area contributed by atoms with Gasteiger partial charge >= 0.3 is 0 Å². The first-order valence-electron chi connectivity index (χ1n) is 25.6. The summed E-state index contributed by atoms with van der Waals surface area (Å²) in [6.45, 7) is 4.79. The summed E-state index contributed by atoms with van der Waals surface area (Å²) in [7, 11) is 0. The van der Waals surface area contributed by atoms with E-state index in [0.29, 0.717) is 0 Å². The van der Waals surface area contributed by atoms with Gasteiger partial charge in [0.15, 0.2) is 0 Å². The normalized spacial score (nSPS) is 15.1. The van der Waals surface area contributed by atoms with E-state index in [9.17, 15) is 0 Å². The minimum atomic E-state index is -0.441. The van der Waals surface area contributed by atoms with E-state index in [1.807, 2.05) is 0 Å². The van der Waals surface area contributed by atoms with E-state index in [-0.39, 0.29) is 5.41 Å². The molecule has 0 atom stereocenters. The lowest BCUT2D eigenvalue weighted by Crippen LogP contribution is -2.26. The highest BCUT2D eigenvalue weighted by Crippen LogP contribution is 2.65. The Kier molecular flexibility index (Phi) is 8.78. The highest BCUT2D eigenvalue weighted by Gasteiger charge is 2.52. The maximum absolute atomic E-state index is 2.51. The molecule has 0 unspecified atom stereocenters. The van der Waals surface area contributed by atoms with Gasteiger partial charge in [0.2, 0.25) is 0 Å². The smallest absolute Gasteiger partial charge is 0.0726 e. The number of nitrogens with zero attached hydrogens (tertiary/aromatic N) is 2. The minimum absolute atomic E-state index is 0.0173. The first-order chi connectivity index (χ1) is 35.5. The predicted octanol–water partition coefficient (Wildman–Crippen LogP) is 18.3. The van der Waals surface area contributed by atoms with Gasteiger partial charge in [0.25, 0.3) is 0 Å². The van der Waals surface area contributed by atoms with Crippen LogP contribution in [0.15, 0.2) is 248 Å². The first kappa shape index (κ1) is 41.1. The summed E-state index contributed by atoms with van der Waals surface area (Å²) in [4.78, 5) is 2.51. The molecule has 1 aromatic heterocycles. The summed E-state index contributed by atoms with van der Waals surface area (Å²) >= 11 is 0. The molecule has 15 rings (SSSR count). The highest BCUT2D eigenvalue weighted by atomic mass is 15.1. The van der Waals surface area contributed by atoms with Crippen molar-refractivity contribution in [3.8, 4) is 50.2 Å². The summed E-state index contributed by atoms with van der Waals surface area (Å²) in [5.41, 5.74) is 27.9. The van der Waals surface area contributed by atoms with E-state index in [1.165, 1.54) is 117 Å². The zero-order chi connectivity index (χ0) is 47.7. The second-order valence-corrected chi connectivity index (χ2v) is 20.6. The summed E-state index contributed by atoms with van der Waals surface area (Å²) in [5, 5.41) is 2.54. The third kappa shape index (κ3) is 5.61. The quantitative estimate of drug-likeness (QED) is 0.161. The molecule has 1 heterocycles. The summed E-state index contributed by atoms with van der Waals surface area (Å²) in [6, 6.07) is 86.5. The van der Waals surface area contributed by atoms with E-state index in [4.69, 9.17) is 0 Å². The van der Waals surface area contributed by atoms with Crippen LogP contribution in [0.2, 0.25) is 0 Å². The number of rotatable bonds is 6. The third-order valence-corrected chi connectivity index (χ3v) is 16.7. The number of fused-ring (bicyclic) bond motifs is 15. The number of anilines is 3. The largest absolute Gasteiger partial charge is 0.310 e. The van der Waals surface area contributed by atoms with Crippen molar-refractivity contribution in [2.75, 3.05) is 4.90 Å². The zero-order valence-electron chi connectivity index (χ0n) is 40.4. The molecule has 4 aliphatic carbocycles. The van der Waals surface area contributed by atoms with Crippen molar-refractivity contribution in [3.05, 3.63) is 282 Å². The molecule has 0 radical (unpaired) electrons. The maximum atomic E-state index is 2.51. The van der Waals surface area contributed by atoms with Gasteiger partial charge in [-0.3, -0.25) is 0 Å². The van der Waals surface area contributed by atoms with Crippen LogP contribution in [0.4, 0.5) is 17.1 Å². The molecule has 340 valence electrons. The molecule has 1 spiro atoms. The lowest BCUT2D eigenvalue weighted by molar-refractivity contribution is 0.651. The molecule has 0 aliphatic heterocycles. The van der Waals surface area contributed by atoms with Crippen LogP contribution in [0.3, 0.4) is 0 Å². The summed E-state index contributed by atoms with van der Waals surface area (Å²) in [6.07, 6.45) is 6.92. The molecule has 0 bridgehead atoms. The lowest BCUT2D eigenvalue weighted by Gasteiger charge is -2.32. The Hall–Kier alpha value is -8.72. The second-order valence-electron chi connectivity index (χ2n) is 20.6. The van der Waals surface area contributed by atoms with Gasteiger partial charge in [-0.2, -0.15) is 0 Å². The molecular weight excluding hydrogens is 869 g/mol. The van der Waals surface area contributed by atoms with Gasteiger partial charge < -0.3 is 9.47 Å². The number of allylic oxidation sites excluding steroid dienone is 4. The Morgan fingerprint density at radius 1 is 0.403 bits per heavy atom. The average Bonchev–Trinajstić information content (AvgIpc) is 4.12. The fourth-order valence-electron chi connectivity index (χ4n) is 13.6. The molecule has 2 nitrogen and oxygen atoms in total. The van der Waals surface area contributed by atoms with Crippen LogP contribution in [-0.2, 0) is 10.8 Å². The minimum Gasteiger partial charge on any atom is -0.310 e. The maximum Gasteiger partial charge on any atom is 0.0726 e. The van der Waals surface area contributed by atoms with Crippen LogP contribution < -0.4 is 4.90 Å². The SMILES string of the molecule is CC1(C)C2=C(CCC=C2)c2c(-c3ccc(N(c4ccc(-c5ccc(-n6c7ccccc7c7ccccc76)cc5)cc4)c4cccc5c4-c4ccccc4C54c5ccccc5-c5ccccc54)cc3)cccc21. The summed E-state index contributed by atoms with van der Waals surface area (Å²) < 4.78 is 2.39. The standard InChI is InChI=1S/C70H50N2/c1-69(2)58-24-9-5-21-56(58)67-51(23-15-28-62(67)69)47-37-43-49(44-38-47)71(48-39-33-45(34-40-48)46-35-41-50(42-36-46)72-64-30-13-7-19-54(64)55-20-8-14-31-65(55)72)66-32-16-29-63-68(66)57-22-6-12-27-61(57)70(63)59-25-10-3-17-52(59)53-18-4-11-26-60(53)70/h3-4,6-20,22-44H,5,21H2,1-2H3. The molecule has 0 saturated carbocycles. The van der Waals surface area contributed by atoms with Crippen LogP contribution in [-0.4, -0.2) is 4.57 Å². The molecule has 0 N–H and O–H groups in total. The number of benzene rings is 10. The fraction of sp³-hybridized carbons (Fsp3) is 0.0857. The van der Waals surface area contributed by atoms with E-state index in [0.717, 1.165) is 29.9 Å². The van der Waals surface area contributed by atoms with Gasteiger partial charge in [-0.25, -0.2) is 0 Å². The predicted molar refractivity (Wildman–Crippen MR) is 301 cm³/mol. The molecular formula is C70H50N2. The Morgan fingerprint density at radius 2 is 0.889 bits per heavy atom. The topological polar surface area (TPSA) is 8.17 Å². The van der Waals surface area contributed by atoms with Crippen molar-refractivity contribution in [3.63, 3.8) is 0 Å². The van der Waals surface area contributed by atoms with Crippen LogP contribution in [0.1, 0.15) is 60.1 Å². The van der Waals surface area contributed by atoms with Gasteiger partial charge in [-0.1, -0.05) is 202 Å². The van der Waals surface area contributed by atoms with Crippen LogP contribution in [0.5, 0.6) is 0 Å². The Labute approximate surface area is 421 Å². The van der Waals surface area contributed by atoms with Gasteiger partial charge in [0, 0.05) is 38.8 Å². The number of hydrogen-bond acceptors (Lipinski definition) is 1. The van der Waals surface area contributed by atoms with Crippen molar-refractivity contribution in [2.45, 2.75) is 37.5 Å². The number of para-hydroxylation sites is 2. The van der Waals surface area contributed by atoms with Crippen LogP contribution >= 0.6 is 0 Å². The molecule has 10 aromatic carbocycles. The molecule has 0 amide bonds. The van der Waals surface area contributed by atoms with Crippen molar-refractivity contribution in [1.29, 1.82) is 0 Å². The van der Waals surface area contributed by atoms with Gasteiger partial charge in [0.1, 0.15) is 0 Å². The Balaban J connectivity index is 0.883. The average molecular weight is 919 g/mol. The van der Waals surface area contributed by atoms with Crippen molar-refractivity contribution < 1.29 is 0 Å². The van der Waals surface area contributed by atoms with Crippen LogP contribution in [0.25, 0.3) is 77.6 Å². The highest BCUT2D eigenvalue weighted by molar-refractivity contribution is 6.09. The number of hydrogen-bond donors (Lipinski definition) is 0. The van der Waals surface area contributed by atoms with E-state index in [1.54, 1.807) is 0 Å². The van der Waals surface area contributed by atoms with Crippen molar-refractivity contribution in [2.24, 2.45) is 0 Å². The van der Waals surface area contributed by atoms with E-state index in [2.05, 4.69) is 266 Å². The van der Waals surface area contributed by atoms with Crippen LogP contribution in [0, 0.1) is 0 Å². The molecule has 72 heavy (non-hydrogen) atoms. The molecule has 11 aromatic rings. The third-order valence-electron chi connectivity index (χ3n) is 16.7. The molecule has 4 aliphatic rings. The monoisotopic (exact) mass is 918 g/mol. The van der Waals surface area contributed by atoms with Crippen molar-refractivity contribution >= 4 is 44.4 Å². The van der Waals surface area contributed by atoms with E-state index < -0.39 is 5.41 Å². The molecule has 2 heteroatoms. The molecule has 0 fully saturated rings. The first-order valence-corrected chi connectivity index (χ1v) is 25.6.